The minimum Gasteiger partial charge on any atom is -0.349 e. The Morgan fingerprint density at radius 2 is 1.83 bits per heavy atom. The van der Waals surface area contributed by atoms with Crippen molar-refractivity contribution in [3.05, 3.63) is 64.2 Å². The van der Waals surface area contributed by atoms with Gasteiger partial charge in [-0.1, -0.05) is 29.8 Å². The molecule has 1 aliphatic heterocycles. The van der Waals surface area contributed by atoms with Gasteiger partial charge in [0.25, 0.3) is 0 Å². The van der Waals surface area contributed by atoms with Crippen LogP contribution in [-0.2, 0) is 27.7 Å². The number of rotatable bonds is 5. The van der Waals surface area contributed by atoms with E-state index in [0.29, 0.717) is 24.4 Å². The number of fused-ring (bicyclic) bond motifs is 1. The third-order valence-electron chi connectivity index (χ3n) is 6.19. The summed E-state index contributed by atoms with van der Waals surface area (Å²) >= 11 is 5.88. The van der Waals surface area contributed by atoms with Gasteiger partial charge in [0.2, 0.25) is 15.9 Å². The van der Waals surface area contributed by atoms with E-state index in [9.17, 15) is 13.2 Å². The van der Waals surface area contributed by atoms with Crippen molar-refractivity contribution >= 4 is 27.5 Å². The van der Waals surface area contributed by atoms with E-state index in [1.165, 1.54) is 34.0 Å². The molecule has 5 nitrogen and oxygen atoms in total. The molecule has 2 aliphatic rings. The highest BCUT2D eigenvalue weighted by molar-refractivity contribution is 7.89. The molecule has 0 saturated carbocycles. The van der Waals surface area contributed by atoms with E-state index < -0.39 is 10.0 Å². The Morgan fingerprint density at radius 1 is 1.10 bits per heavy atom. The molecular weight excluding hydrogens is 420 g/mol. The average molecular weight is 447 g/mol. The molecule has 1 heterocycles. The van der Waals surface area contributed by atoms with E-state index in [2.05, 4.69) is 23.5 Å². The van der Waals surface area contributed by atoms with E-state index in [-0.39, 0.29) is 29.3 Å². The quantitative estimate of drug-likeness (QED) is 0.751. The molecule has 1 fully saturated rings. The molecule has 30 heavy (non-hydrogen) atoms. The first-order chi connectivity index (χ1) is 14.3. The number of nitrogens with one attached hydrogen (secondary N) is 1. The van der Waals surface area contributed by atoms with Crippen LogP contribution in [-0.4, -0.2) is 31.7 Å². The molecule has 1 aliphatic carbocycles. The van der Waals surface area contributed by atoms with Gasteiger partial charge in [-0.3, -0.25) is 4.79 Å². The molecule has 1 amide bonds. The van der Waals surface area contributed by atoms with Gasteiger partial charge in [0.1, 0.15) is 0 Å². The fourth-order valence-electron chi connectivity index (χ4n) is 4.41. The van der Waals surface area contributed by atoms with Gasteiger partial charge < -0.3 is 5.32 Å². The monoisotopic (exact) mass is 446 g/mol. The number of sulfonamides is 1. The zero-order chi connectivity index (χ0) is 21.3. The lowest BCUT2D eigenvalue weighted by Gasteiger charge is -2.32. The Labute approximate surface area is 183 Å². The molecule has 2 aromatic rings. The summed E-state index contributed by atoms with van der Waals surface area (Å²) in [6, 6.07) is 12.5. The summed E-state index contributed by atoms with van der Waals surface area (Å²) in [7, 11) is -3.64. The fraction of sp³-hybridized carbons (Fsp3) is 0.435. The van der Waals surface area contributed by atoms with E-state index in [0.717, 1.165) is 18.4 Å². The van der Waals surface area contributed by atoms with Gasteiger partial charge in [-0.2, -0.15) is 4.31 Å². The van der Waals surface area contributed by atoms with Crippen LogP contribution in [0.2, 0.25) is 5.02 Å². The SMILES string of the molecule is C[C@H](NC(=O)[C@@H]1CCCN(S(=O)(=O)c2ccc(Cl)cc2)C1)c1ccc2c(c1)CCC2. The largest absolute Gasteiger partial charge is 0.349 e. The van der Waals surface area contributed by atoms with Crippen LogP contribution in [0, 0.1) is 5.92 Å². The number of hydrogen-bond donors (Lipinski definition) is 1. The van der Waals surface area contributed by atoms with Crippen molar-refractivity contribution in [3.63, 3.8) is 0 Å². The summed E-state index contributed by atoms with van der Waals surface area (Å²) in [5.41, 5.74) is 3.89. The van der Waals surface area contributed by atoms with Gasteiger partial charge in [0, 0.05) is 18.1 Å². The Morgan fingerprint density at radius 3 is 2.60 bits per heavy atom. The lowest BCUT2D eigenvalue weighted by Crippen LogP contribution is -2.45. The maximum atomic E-state index is 13.0. The van der Waals surface area contributed by atoms with Crippen molar-refractivity contribution in [1.29, 1.82) is 0 Å². The van der Waals surface area contributed by atoms with E-state index in [4.69, 9.17) is 11.6 Å². The number of benzene rings is 2. The molecule has 0 aromatic heterocycles. The highest BCUT2D eigenvalue weighted by Crippen LogP contribution is 2.27. The number of carbonyl (C=O) groups is 1. The minimum atomic E-state index is -3.64. The number of halogens is 1. The second-order valence-corrected chi connectivity index (χ2v) is 10.6. The number of amides is 1. The second kappa shape index (κ2) is 8.69. The number of hydrogen-bond acceptors (Lipinski definition) is 3. The third kappa shape index (κ3) is 4.41. The van der Waals surface area contributed by atoms with Gasteiger partial charge >= 0.3 is 0 Å². The van der Waals surface area contributed by atoms with Gasteiger partial charge in [0.05, 0.1) is 16.9 Å². The molecule has 0 unspecified atom stereocenters. The normalized spacial score (nSPS) is 20.5. The first-order valence-corrected chi connectivity index (χ1v) is 12.3. The maximum absolute atomic E-state index is 13.0. The predicted molar refractivity (Wildman–Crippen MR) is 118 cm³/mol. The zero-order valence-corrected chi connectivity index (χ0v) is 18.7. The summed E-state index contributed by atoms with van der Waals surface area (Å²) in [6.07, 6.45) is 4.79. The van der Waals surface area contributed by atoms with Crippen molar-refractivity contribution in [2.24, 2.45) is 5.92 Å². The van der Waals surface area contributed by atoms with Gasteiger partial charge in [-0.05, 0) is 80.0 Å². The Hall–Kier alpha value is -1.89. The van der Waals surface area contributed by atoms with Crippen LogP contribution in [0.25, 0.3) is 0 Å². The molecular formula is C23H27ClN2O3S. The molecule has 1 N–H and O–H groups in total. The summed E-state index contributed by atoms with van der Waals surface area (Å²) < 4.78 is 27.4. The molecule has 0 radical (unpaired) electrons. The van der Waals surface area contributed by atoms with Crippen LogP contribution in [0.1, 0.15) is 48.9 Å². The van der Waals surface area contributed by atoms with Crippen molar-refractivity contribution in [1.82, 2.24) is 9.62 Å². The molecule has 0 spiro atoms. The lowest BCUT2D eigenvalue weighted by molar-refractivity contribution is -0.126. The van der Waals surface area contributed by atoms with Crippen LogP contribution in [0.5, 0.6) is 0 Å². The standard InChI is InChI=1S/C23H27ClN2O3S/c1-16(18-8-7-17-4-2-5-19(17)14-18)25-23(27)20-6-3-13-26(15-20)30(28,29)22-11-9-21(24)10-12-22/h7-12,14,16,20H,2-6,13,15H2,1H3,(H,25,27)/t16-,20+/m0/s1. The highest BCUT2D eigenvalue weighted by Gasteiger charge is 2.33. The van der Waals surface area contributed by atoms with Gasteiger partial charge in [-0.15, -0.1) is 0 Å². The molecule has 7 heteroatoms. The van der Waals surface area contributed by atoms with Gasteiger partial charge in [0.15, 0.2) is 0 Å². The smallest absolute Gasteiger partial charge is 0.243 e. The van der Waals surface area contributed by atoms with Crippen molar-refractivity contribution in [2.45, 2.75) is 50.0 Å². The van der Waals surface area contributed by atoms with E-state index >= 15 is 0 Å². The predicted octanol–water partition coefficient (Wildman–Crippen LogP) is 4.11. The molecule has 0 bridgehead atoms. The topological polar surface area (TPSA) is 66.5 Å². The number of carbonyl (C=O) groups excluding carboxylic acids is 1. The Kier molecular flexibility index (Phi) is 6.19. The summed E-state index contributed by atoms with van der Waals surface area (Å²) in [4.78, 5) is 13.1. The lowest BCUT2D eigenvalue weighted by atomic mass is 9.97. The number of piperidine rings is 1. The van der Waals surface area contributed by atoms with Crippen LogP contribution in [0.3, 0.4) is 0 Å². The molecule has 2 aromatic carbocycles. The first kappa shape index (κ1) is 21.3. The van der Waals surface area contributed by atoms with Crippen LogP contribution < -0.4 is 5.32 Å². The van der Waals surface area contributed by atoms with Crippen molar-refractivity contribution in [2.75, 3.05) is 13.1 Å². The van der Waals surface area contributed by atoms with Crippen molar-refractivity contribution in [3.8, 4) is 0 Å². The summed E-state index contributed by atoms with van der Waals surface area (Å²) in [5, 5.41) is 3.59. The van der Waals surface area contributed by atoms with Crippen LogP contribution in [0.15, 0.2) is 47.4 Å². The van der Waals surface area contributed by atoms with E-state index in [1.54, 1.807) is 12.1 Å². The zero-order valence-electron chi connectivity index (χ0n) is 17.1. The Balaban J connectivity index is 1.42. The molecule has 4 rings (SSSR count). The van der Waals surface area contributed by atoms with E-state index in [1.807, 2.05) is 6.92 Å². The summed E-state index contributed by atoms with van der Waals surface area (Å²) in [5.74, 6) is -0.434. The maximum Gasteiger partial charge on any atom is 0.243 e. The molecule has 160 valence electrons. The highest BCUT2D eigenvalue weighted by atomic mass is 35.5. The molecule has 2 atom stereocenters. The number of aryl methyl sites for hydroxylation is 2. The first-order valence-electron chi connectivity index (χ1n) is 10.5. The van der Waals surface area contributed by atoms with Crippen LogP contribution in [0.4, 0.5) is 0 Å². The third-order valence-corrected chi connectivity index (χ3v) is 8.32. The average Bonchev–Trinajstić information content (AvgIpc) is 3.22. The van der Waals surface area contributed by atoms with Crippen LogP contribution >= 0.6 is 11.6 Å². The van der Waals surface area contributed by atoms with Gasteiger partial charge in [-0.25, -0.2) is 8.42 Å². The second-order valence-electron chi connectivity index (χ2n) is 8.27. The minimum absolute atomic E-state index is 0.0843. The number of nitrogens with zero attached hydrogens (tertiary/aromatic N) is 1. The Bertz CT molecular complexity index is 1040. The molecule has 1 saturated heterocycles. The fourth-order valence-corrected chi connectivity index (χ4v) is 6.06. The van der Waals surface area contributed by atoms with Crippen molar-refractivity contribution < 1.29 is 13.2 Å². The summed E-state index contributed by atoms with van der Waals surface area (Å²) in [6.45, 7) is 2.61.